The number of rotatable bonds is 3. The summed E-state index contributed by atoms with van der Waals surface area (Å²) in [4.78, 5) is 14.6. The first kappa shape index (κ1) is 14.3. The van der Waals surface area contributed by atoms with Gasteiger partial charge in [0.25, 0.3) is 5.91 Å². The second kappa shape index (κ2) is 4.94. The largest absolute Gasteiger partial charge is 0.361 e. The smallest absolute Gasteiger partial charge is 0.271 e. The molecule has 1 unspecified atom stereocenters. The quantitative estimate of drug-likeness (QED) is 0.947. The van der Waals surface area contributed by atoms with Crippen molar-refractivity contribution in [2.24, 2.45) is 0 Å². The highest BCUT2D eigenvalue weighted by molar-refractivity contribution is 7.12. The minimum absolute atomic E-state index is 0.176. The topological polar surface area (TPSA) is 43.8 Å². The van der Waals surface area contributed by atoms with E-state index >= 15 is 0 Å². The van der Waals surface area contributed by atoms with Crippen molar-refractivity contribution in [3.05, 3.63) is 57.3 Å². The molecule has 1 aliphatic heterocycles. The molecule has 1 atom stereocenters. The highest BCUT2D eigenvalue weighted by Gasteiger charge is 2.52. The summed E-state index contributed by atoms with van der Waals surface area (Å²) in [6.07, 6.45) is 0.915. The number of aliphatic hydroxyl groups is 1. The van der Waals surface area contributed by atoms with Gasteiger partial charge in [0.2, 0.25) is 5.72 Å². The Kier molecular flexibility index (Phi) is 3.36. The lowest BCUT2D eigenvalue weighted by Gasteiger charge is -2.37. The molecule has 1 aromatic carbocycles. The highest BCUT2D eigenvalue weighted by atomic mass is 32.1. The molecule has 0 bridgehead atoms. The van der Waals surface area contributed by atoms with Crippen LogP contribution in [0.1, 0.15) is 32.6 Å². The monoisotopic (exact) mass is 302 g/mol. The van der Waals surface area contributed by atoms with Gasteiger partial charge in [-0.1, -0.05) is 25.1 Å². The molecular weight excluding hydrogens is 284 g/mol. The van der Waals surface area contributed by atoms with Crippen molar-refractivity contribution in [3.63, 3.8) is 0 Å². The fourth-order valence-corrected chi connectivity index (χ4v) is 3.85. The molecule has 5 heteroatoms. The van der Waals surface area contributed by atoms with E-state index in [1.807, 2.05) is 30.3 Å². The molecule has 2 heterocycles. The lowest BCUT2D eigenvalue weighted by Crippen LogP contribution is -2.51. The molecule has 0 spiro atoms. The second-order valence-corrected chi connectivity index (χ2v) is 6.47. The normalized spacial score (nSPS) is 21.2. The summed E-state index contributed by atoms with van der Waals surface area (Å²) in [6, 6.07) is 11.2. The van der Waals surface area contributed by atoms with E-state index < -0.39 is 5.72 Å². The average Bonchev–Trinajstić information content (AvgIpc) is 3.03. The predicted octanol–water partition coefficient (Wildman–Crippen LogP) is 2.44. The maximum Gasteiger partial charge on any atom is 0.271 e. The van der Waals surface area contributed by atoms with Gasteiger partial charge in [0, 0.05) is 30.1 Å². The van der Waals surface area contributed by atoms with Crippen molar-refractivity contribution in [1.82, 2.24) is 10.0 Å². The molecule has 0 fully saturated rings. The van der Waals surface area contributed by atoms with Gasteiger partial charge in [-0.3, -0.25) is 4.79 Å². The Morgan fingerprint density at radius 2 is 1.95 bits per heavy atom. The minimum atomic E-state index is -1.42. The lowest BCUT2D eigenvalue weighted by molar-refractivity contribution is -0.134. The van der Waals surface area contributed by atoms with Crippen molar-refractivity contribution in [2.75, 3.05) is 14.1 Å². The molecule has 0 aliphatic carbocycles. The molecule has 3 rings (SSSR count). The number of nitrogens with zero attached hydrogens (tertiary/aromatic N) is 2. The zero-order valence-electron chi connectivity index (χ0n) is 12.3. The fourth-order valence-electron chi connectivity index (χ4n) is 2.81. The number of carbonyl (C=O) groups excluding carboxylic acids is 1. The Labute approximate surface area is 128 Å². The molecule has 1 aliphatic rings. The number of hydrogen-bond acceptors (Lipinski definition) is 4. The van der Waals surface area contributed by atoms with Crippen LogP contribution in [-0.2, 0) is 12.1 Å². The summed E-state index contributed by atoms with van der Waals surface area (Å²) >= 11 is 1.55. The third-order valence-corrected chi connectivity index (χ3v) is 5.11. The molecule has 4 nitrogen and oxygen atoms in total. The number of hydrogen-bond donors (Lipinski definition) is 1. The van der Waals surface area contributed by atoms with Gasteiger partial charge in [0.05, 0.1) is 4.88 Å². The number of thiophene rings is 1. The van der Waals surface area contributed by atoms with Gasteiger partial charge in [0.1, 0.15) is 0 Å². The zero-order chi connectivity index (χ0) is 15.2. The summed E-state index contributed by atoms with van der Waals surface area (Å²) in [6.45, 7) is 2.08. The average molecular weight is 302 g/mol. The number of carbonyl (C=O) groups is 1. The molecule has 21 heavy (non-hydrogen) atoms. The second-order valence-electron chi connectivity index (χ2n) is 5.30. The maximum atomic E-state index is 12.6. The highest BCUT2D eigenvalue weighted by Crippen LogP contribution is 2.44. The van der Waals surface area contributed by atoms with E-state index in [0.717, 1.165) is 11.3 Å². The molecule has 0 radical (unpaired) electrons. The molecule has 0 saturated carbocycles. The summed E-state index contributed by atoms with van der Waals surface area (Å²) in [5.41, 5.74) is -0.219. The van der Waals surface area contributed by atoms with Crippen LogP contribution in [0.2, 0.25) is 0 Å². The minimum Gasteiger partial charge on any atom is -0.361 e. The van der Waals surface area contributed by atoms with Gasteiger partial charge < -0.3 is 5.11 Å². The first-order valence-corrected chi connectivity index (χ1v) is 7.74. The van der Waals surface area contributed by atoms with Crippen molar-refractivity contribution in [3.8, 4) is 0 Å². The van der Waals surface area contributed by atoms with Gasteiger partial charge in [-0.05, 0) is 24.6 Å². The number of amides is 1. The van der Waals surface area contributed by atoms with E-state index in [1.54, 1.807) is 36.5 Å². The van der Waals surface area contributed by atoms with Crippen LogP contribution in [0.15, 0.2) is 36.4 Å². The Balaban J connectivity index is 2.23. The van der Waals surface area contributed by atoms with Crippen LogP contribution in [0, 0.1) is 0 Å². The summed E-state index contributed by atoms with van der Waals surface area (Å²) in [5, 5.41) is 14.5. The van der Waals surface area contributed by atoms with Crippen LogP contribution in [0.5, 0.6) is 0 Å². The molecule has 1 aromatic heterocycles. The number of benzene rings is 1. The van der Waals surface area contributed by atoms with Gasteiger partial charge in [-0.15, -0.1) is 11.3 Å². The summed E-state index contributed by atoms with van der Waals surface area (Å²) in [7, 11) is 3.53. The first-order valence-electron chi connectivity index (χ1n) is 6.93. The SMILES string of the molecule is CCc1ccc(C2(O)c3ccccc3C(=O)N2N(C)C)s1. The van der Waals surface area contributed by atoms with E-state index in [1.165, 1.54) is 9.89 Å². The van der Waals surface area contributed by atoms with Gasteiger partial charge in [-0.25, -0.2) is 10.0 Å². The number of fused-ring (bicyclic) bond motifs is 1. The fraction of sp³-hybridized carbons (Fsp3) is 0.312. The molecule has 1 N–H and O–H groups in total. The van der Waals surface area contributed by atoms with Gasteiger partial charge >= 0.3 is 0 Å². The Morgan fingerprint density at radius 1 is 1.24 bits per heavy atom. The molecule has 110 valence electrons. The molecule has 2 aromatic rings. The molecule has 1 amide bonds. The lowest BCUT2D eigenvalue weighted by atomic mass is 10.0. The number of aryl methyl sites for hydroxylation is 1. The maximum absolute atomic E-state index is 12.6. The third kappa shape index (κ3) is 1.92. The van der Waals surface area contributed by atoms with Crippen LogP contribution in [0.3, 0.4) is 0 Å². The van der Waals surface area contributed by atoms with Crippen LogP contribution >= 0.6 is 11.3 Å². The Morgan fingerprint density at radius 3 is 2.57 bits per heavy atom. The van der Waals surface area contributed by atoms with Crippen molar-refractivity contribution >= 4 is 17.2 Å². The van der Waals surface area contributed by atoms with Crippen LogP contribution in [0.25, 0.3) is 0 Å². The summed E-state index contributed by atoms with van der Waals surface area (Å²) < 4.78 is 0. The number of hydrazine groups is 1. The van der Waals surface area contributed by atoms with E-state index in [9.17, 15) is 9.90 Å². The van der Waals surface area contributed by atoms with Crippen molar-refractivity contribution < 1.29 is 9.90 Å². The van der Waals surface area contributed by atoms with Gasteiger partial charge in [-0.2, -0.15) is 0 Å². The van der Waals surface area contributed by atoms with Crippen molar-refractivity contribution in [2.45, 2.75) is 19.1 Å². The van der Waals surface area contributed by atoms with Gasteiger partial charge in [0.15, 0.2) is 0 Å². The van der Waals surface area contributed by atoms with E-state index in [-0.39, 0.29) is 5.91 Å². The molecular formula is C16H18N2O2S. The van der Waals surface area contributed by atoms with Crippen LogP contribution < -0.4 is 0 Å². The Bertz CT molecular complexity index is 695. The third-order valence-electron chi connectivity index (χ3n) is 3.79. The van der Waals surface area contributed by atoms with E-state index in [4.69, 9.17) is 0 Å². The zero-order valence-corrected chi connectivity index (χ0v) is 13.1. The van der Waals surface area contributed by atoms with Crippen LogP contribution in [0.4, 0.5) is 0 Å². The van der Waals surface area contributed by atoms with E-state index in [2.05, 4.69) is 6.92 Å². The predicted molar refractivity (Wildman–Crippen MR) is 83.0 cm³/mol. The van der Waals surface area contributed by atoms with E-state index in [0.29, 0.717) is 11.1 Å². The summed E-state index contributed by atoms with van der Waals surface area (Å²) in [5.74, 6) is -0.176. The first-order chi connectivity index (χ1) is 10.00. The van der Waals surface area contributed by atoms with Crippen LogP contribution in [-0.4, -0.2) is 35.1 Å². The Hall–Kier alpha value is -1.69. The molecule has 0 saturated heterocycles. The standard InChI is InChI=1S/C16H18N2O2S/c1-4-11-9-10-14(21-11)16(20)13-8-6-5-7-12(13)15(19)18(16)17(2)3/h5-10,20H,4H2,1-3H3. The van der Waals surface area contributed by atoms with Crippen molar-refractivity contribution in [1.29, 1.82) is 0 Å².